The number of rotatable bonds is 6. The third-order valence-electron chi connectivity index (χ3n) is 8.46. The highest BCUT2D eigenvalue weighted by molar-refractivity contribution is 6.24. The van der Waals surface area contributed by atoms with Crippen molar-refractivity contribution < 1.29 is 19.1 Å². The molecule has 0 radical (unpaired) electrons. The first kappa shape index (κ1) is 26.5. The number of anilines is 1. The number of carbonyl (C=O) groups is 3. The van der Waals surface area contributed by atoms with Gasteiger partial charge in [0.2, 0.25) is 0 Å². The molecule has 1 fully saturated rings. The molecule has 5 aromatic rings. The van der Waals surface area contributed by atoms with Crippen molar-refractivity contribution in [1.82, 2.24) is 15.2 Å². The number of para-hydroxylation sites is 3. The number of aromatic amines is 1. The first-order chi connectivity index (χ1) is 21.0. The predicted octanol–water partition coefficient (Wildman–Crippen LogP) is 5.90. The number of hydrogen-bond acceptors (Lipinski definition) is 4. The number of imide groups is 1. The Labute approximate surface area is 248 Å². The number of aryl methyl sites for hydroxylation is 1. The van der Waals surface area contributed by atoms with E-state index in [1.165, 1.54) is 4.90 Å². The van der Waals surface area contributed by atoms with Crippen LogP contribution < -0.4 is 15.0 Å². The fourth-order valence-corrected chi connectivity index (χ4v) is 6.37. The van der Waals surface area contributed by atoms with Gasteiger partial charge in [-0.25, -0.2) is 9.69 Å². The molecule has 43 heavy (non-hydrogen) atoms. The van der Waals surface area contributed by atoms with Gasteiger partial charge in [-0.05, 0) is 42.3 Å². The van der Waals surface area contributed by atoms with Crippen LogP contribution in [-0.2, 0) is 17.8 Å². The molecule has 4 amide bonds. The van der Waals surface area contributed by atoms with Gasteiger partial charge < -0.3 is 15.0 Å². The molecule has 0 saturated carbocycles. The van der Waals surface area contributed by atoms with Crippen LogP contribution in [0.3, 0.4) is 0 Å². The number of benzene rings is 4. The largest absolute Gasteiger partial charge is 0.496 e. The number of ether oxygens (including phenoxy) is 1. The molecule has 1 saturated heterocycles. The molecular formula is C35H30N4O4. The molecule has 2 aliphatic heterocycles. The van der Waals surface area contributed by atoms with Gasteiger partial charge in [-0.2, -0.15) is 0 Å². The maximum atomic E-state index is 14.3. The molecule has 0 spiro atoms. The van der Waals surface area contributed by atoms with Crippen molar-refractivity contribution in [3.63, 3.8) is 0 Å². The Hall–Kier alpha value is -5.37. The van der Waals surface area contributed by atoms with Crippen molar-refractivity contribution >= 4 is 34.4 Å². The average Bonchev–Trinajstić information content (AvgIpc) is 3.53. The quantitative estimate of drug-likeness (QED) is 0.249. The molecular weight excluding hydrogens is 540 g/mol. The van der Waals surface area contributed by atoms with Crippen molar-refractivity contribution in [2.45, 2.75) is 32.0 Å². The molecule has 8 heteroatoms. The predicted molar refractivity (Wildman–Crippen MR) is 164 cm³/mol. The smallest absolute Gasteiger partial charge is 0.332 e. The lowest BCUT2D eigenvalue weighted by molar-refractivity contribution is -0.120. The summed E-state index contributed by atoms with van der Waals surface area (Å²) < 4.78 is 5.41. The number of hydrogen-bond donors (Lipinski definition) is 2. The number of nitrogens with zero attached hydrogens (tertiary/aromatic N) is 2. The third kappa shape index (κ3) is 4.34. The van der Waals surface area contributed by atoms with Gasteiger partial charge in [0.15, 0.2) is 0 Å². The standard InChI is InChI=1S/C35H30N4O4/c1-21-15-17-22(18-16-21)32-31-26(24-10-4-6-12-27(24)37-31)19-29-34(41)39(35(42)38(29)32)28-13-7-5-11-25(28)33(40)36-20-23-9-3-8-14-30(23)43-2/h3-18,29,32,37H,19-20H2,1-2H3,(H,36,40). The van der Waals surface area contributed by atoms with Crippen LogP contribution in [0.5, 0.6) is 5.75 Å². The van der Waals surface area contributed by atoms with E-state index in [0.717, 1.165) is 38.9 Å². The minimum Gasteiger partial charge on any atom is -0.496 e. The Balaban J connectivity index is 1.27. The molecule has 214 valence electrons. The van der Waals surface area contributed by atoms with E-state index in [1.807, 2.05) is 79.7 Å². The van der Waals surface area contributed by atoms with E-state index in [2.05, 4.69) is 10.3 Å². The minimum atomic E-state index is -0.713. The van der Waals surface area contributed by atoms with E-state index in [0.29, 0.717) is 12.2 Å². The van der Waals surface area contributed by atoms with Gasteiger partial charge in [0.05, 0.1) is 18.4 Å². The molecule has 1 aromatic heterocycles. The average molecular weight is 571 g/mol. The lowest BCUT2D eigenvalue weighted by Gasteiger charge is -2.36. The zero-order valence-electron chi connectivity index (χ0n) is 23.8. The molecule has 4 aromatic carbocycles. The molecule has 2 aliphatic rings. The second kappa shape index (κ2) is 10.5. The minimum absolute atomic E-state index is 0.227. The van der Waals surface area contributed by atoms with Gasteiger partial charge in [-0.3, -0.25) is 14.5 Å². The summed E-state index contributed by atoms with van der Waals surface area (Å²) >= 11 is 0. The van der Waals surface area contributed by atoms with Crippen LogP contribution in [0.25, 0.3) is 10.9 Å². The molecule has 3 heterocycles. The second-order valence-electron chi connectivity index (χ2n) is 11.0. The van der Waals surface area contributed by atoms with E-state index >= 15 is 0 Å². The van der Waals surface area contributed by atoms with E-state index in [9.17, 15) is 14.4 Å². The lowest BCUT2D eigenvalue weighted by Crippen LogP contribution is -2.44. The van der Waals surface area contributed by atoms with Crippen molar-refractivity contribution in [3.05, 3.63) is 131 Å². The van der Waals surface area contributed by atoms with Gasteiger partial charge in [0.1, 0.15) is 17.8 Å². The first-order valence-electron chi connectivity index (χ1n) is 14.3. The number of H-pyrrole nitrogens is 1. The summed E-state index contributed by atoms with van der Waals surface area (Å²) in [6, 6.07) is 28.6. The van der Waals surface area contributed by atoms with E-state index in [1.54, 1.807) is 36.3 Å². The van der Waals surface area contributed by atoms with Gasteiger partial charge >= 0.3 is 6.03 Å². The Morgan fingerprint density at radius 3 is 2.47 bits per heavy atom. The molecule has 7 rings (SSSR count). The summed E-state index contributed by atoms with van der Waals surface area (Å²) in [5, 5.41) is 3.97. The highest BCUT2D eigenvalue weighted by atomic mass is 16.5. The molecule has 0 bridgehead atoms. The summed E-state index contributed by atoms with van der Waals surface area (Å²) in [5.74, 6) is -0.0722. The summed E-state index contributed by atoms with van der Waals surface area (Å²) in [6.07, 6.45) is 0.380. The summed E-state index contributed by atoms with van der Waals surface area (Å²) in [7, 11) is 1.58. The summed E-state index contributed by atoms with van der Waals surface area (Å²) in [6.45, 7) is 2.25. The maximum Gasteiger partial charge on any atom is 0.332 e. The molecule has 0 aliphatic carbocycles. The number of carbonyl (C=O) groups excluding carboxylic acids is 3. The van der Waals surface area contributed by atoms with Crippen molar-refractivity contribution in [2.75, 3.05) is 12.0 Å². The molecule has 8 nitrogen and oxygen atoms in total. The number of methoxy groups -OCH3 is 1. The maximum absolute atomic E-state index is 14.3. The zero-order valence-corrected chi connectivity index (χ0v) is 23.8. The summed E-state index contributed by atoms with van der Waals surface area (Å²) in [5.41, 5.74) is 6.26. The highest BCUT2D eigenvalue weighted by Gasteiger charge is 2.53. The fraction of sp³-hybridized carbons (Fsp3) is 0.171. The van der Waals surface area contributed by atoms with Crippen molar-refractivity contribution in [3.8, 4) is 5.75 Å². The van der Waals surface area contributed by atoms with E-state index in [4.69, 9.17) is 4.74 Å². The van der Waals surface area contributed by atoms with Gasteiger partial charge in [0, 0.05) is 35.1 Å². The van der Waals surface area contributed by atoms with Crippen LogP contribution in [0.1, 0.15) is 44.3 Å². The number of aromatic nitrogens is 1. The fourth-order valence-electron chi connectivity index (χ4n) is 6.37. The normalized spacial score (nSPS) is 17.6. The summed E-state index contributed by atoms with van der Waals surface area (Å²) in [4.78, 5) is 48.4. The number of nitrogens with one attached hydrogen (secondary N) is 2. The van der Waals surface area contributed by atoms with E-state index < -0.39 is 24.0 Å². The van der Waals surface area contributed by atoms with Crippen LogP contribution in [0.15, 0.2) is 97.1 Å². The number of fused-ring (bicyclic) bond motifs is 4. The molecule has 2 unspecified atom stereocenters. The second-order valence-corrected chi connectivity index (χ2v) is 11.0. The van der Waals surface area contributed by atoms with Crippen molar-refractivity contribution in [1.29, 1.82) is 0 Å². The van der Waals surface area contributed by atoms with Crippen molar-refractivity contribution in [2.24, 2.45) is 0 Å². The highest BCUT2D eigenvalue weighted by Crippen LogP contribution is 2.45. The van der Waals surface area contributed by atoms with Gasteiger partial charge in [0.25, 0.3) is 11.8 Å². The number of amides is 4. The van der Waals surface area contributed by atoms with E-state index in [-0.39, 0.29) is 23.7 Å². The van der Waals surface area contributed by atoms with Crippen LogP contribution in [0.4, 0.5) is 10.5 Å². The van der Waals surface area contributed by atoms with Crippen LogP contribution >= 0.6 is 0 Å². The molecule has 2 atom stereocenters. The van der Waals surface area contributed by atoms with Gasteiger partial charge in [-0.1, -0.05) is 78.4 Å². The SMILES string of the molecule is COc1ccccc1CNC(=O)c1ccccc1N1C(=O)C2Cc3c([nH]c4ccccc34)C(c3ccc(C)cc3)N2C1=O. The Kier molecular flexibility index (Phi) is 6.46. The van der Waals surface area contributed by atoms with Crippen LogP contribution in [0, 0.1) is 6.92 Å². The molecule has 2 N–H and O–H groups in total. The monoisotopic (exact) mass is 570 g/mol. The Bertz CT molecular complexity index is 1890. The Morgan fingerprint density at radius 1 is 0.930 bits per heavy atom. The zero-order chi connectivity index (χ0) is 29.7. The third-order valence-corrected chi connectivity index (χ3v) is 8.46. The van der Waals surface area contributed by atoms with Crippen LogP contribution in [0.2, 0.25) is 0 Å². The lowest BCUT2D eigenvalue weighted by atomic mass is 9.88. The number of urea groups is 1. The Morgan fingerprint density at radius 2 is 1.65 bits per heavy atom. The van der Waals surface area contributed by atoms with Crippen LogP contribution in [-0.4, -0.2) is 40.9 Å². The first-order valence-corrected chi connectivity index (χ1v) is 14.3. The topological polar surface area (TPSA) is 94.7 Å². The van der Waals surface area contributed by atoms with Gasteiger partial charge in [-0.15, -0.1) is 0 Å².